The van der Waals surface area contributed by atoms with E-state index in [1.165, 1.54) is 57.7 Å². The number of piperidine rings is 1. The van der Waals surface area contributed by atoms with Gasteiger partial charge in [0.25, 0.3) is 0 Å². The highest BCUT2D eigenvalue weighted by Crippen LogP contribution is 2.35. The number of carbonyl (C=O) groups is 1. The number of aromatic amines is 1. The number of aromatic hydroxyl groups is 1. The van der Waals surface area contributed by atoms with Crippen LogP contribution in [0.2, 0.25) is 0 Å². The first-order valence-electron chi connectivity index (χ1n) is 16.8. The Morgan fingerprint density at radius 2 is 1.91 bits per heavy atom. The summed E-state index contributed by atoms with van der Waals surface area (Å²) in [5.74, 6) is 0.785. The van der Waals surface area contributed by atoms with Gasteiger partial charge in [-0.05, 0) is 62.9 Å². The number of nitrogens with two attached hydrogens (primary N) is 1. The molecule has 1 aliphatic rings. The Morgan fingerprint density at radius 3 is 2.70 bits per heavy atom. The molecule has 44 heavy (non-hydrogen) atoms. The number of hydrogen-bond donors (Lipinski definition) is 4. The van der Waals surface area contributed by atoms with Crippen molar-refractivity contribution < 1.29 is 9.90 Å². The van der Waals surface area contributed by atoms with Gasteiger partial charge in [0, 0.05) is 36.5 Å². The molecule has 0 spiro atoms. The average Bonchev–Trinajstić information content (AvgIpc) is 3.64. The molecule has 5 N–H and O–H groups in total. The van der Waals surface area contributed by atoms with Crippen LogP contribution in [-0.4, -0.2) is 66.3 Å². The van der Waals surface area contributed by atoms with Crippen molar-refractivity contribution in [2.24, 2.45) is 0 Å². The fourth-order valence-electron chi connectivity index (χ4n) is 6.54. The summed E-state index contributed by atoms with van der Waals surface area (Å²) in [7, 11) is 0. The Bertz CT molecular complexity index is 1510. The van der Waals surface area contributed by atoms with Crippen LogP contribution >= 0.6 is 0 Å². The van der Waals surface area contributed by atoms with Crippen LogP contribution in [0.15, 0.2) is 30.6 Å². The molecule has 1 aliphatic heterocycles. The third kappa shape index (κ3) is 7.70. The summed E-state index contributed by atoms with van der Waals surface area (Å²) in [4.78, 5) is 27.6. The van der Waals surface area contributed by atoms with Gasteiger partial charge in [-0.2, -0.15) is 5.10 Å². The average molecular weight is 603 g/mol. The quantitative estimate of drug-likeness (QED) is 0.105. The first-order valence-corrected chi connectivity index (χ1v) is 16.8. The maximum Gasteiger partial charge on any atom is 0.222 e. The molecule has 4 heterocycles. The van der Waals surface area contributed by atoms with Crippen molar-refractivity contribution in [3.63, 3.8) is 0 Å². The predicted octanol–water partition coefficient (Wildman–Crippen LogP) is 6.72. The standard InChI is InChI=1S/C34H50N8O2/c1-3-5-6-7-8-9-10-11-18-36-25(4-2)14-17-30(44)41-19-12-13-26(22-41)42-34-31(33(35)37-23-38-34)32(40-42)29-21-24-20-27(43)15-16-28(24)39-29/h15-16,20-21,23,25-26,36,39,43H,3-14,17-19,22H2,1-2H3,(H2,35,37,38)/t25-,26?/m1/s1. The van der Waals surface area contributed by atoms with Crippen molar-refractivity contribution in [1.82, 2.24) is 34.9 Å². The Hall–Kier alpha value is -3.66. The van der Waals surface area contributed by atoms with Crippen LogP contribution in [0.1, 0.15) is 103 Å². The van der Waals surface area contributed by atoms with Crippen LogP contribution in [0, 0.1) is 0 Å². The zero-order chi connectivity index (χ0) is 30.9. The molecule has 1 amide bonds. The molecule has 5 rings (SSSR count). The van der Waals surface area contributed by atoms with Crippen LogP contribution < -0.4 is 11.1 Å². The highest BCUT2D eigenvalue weighted by Gasteiger charge is 2.29. The van der Waals surface area contributed by atoms with Gasteiger partial charge in [-0.3, -0.25) is 4.79 Å². The number of nitrogens with zero attached hydrogens (tertiary/aromatic N) is 5. The number of H-pyrrole nitrogens is 1. The summed E-state index contributed by atoms with van der Waals surface area (Å²) in [6.07, 6.45) is 16.3. The van der Waals surface area contributed by atoms with E-state index in [0.29, 0.717) is 41.6 Å². The van der Waals surface area contributed by atoms with Gasteiger partial charge in [0.1, 0.15) is 23.6 Å². The third-order valence-corrected chi connectivity index (χ3v) is 9.14. The van der Waals surface area contributed by atoms with E-state index >= 15 is 0 Å². The lowest BCUT2D eigenvalue weighted by Gasteiger charge is -2.33. The van der Waals surface area contributed by atoms with Crippen LogP contribution in [0.3, 0.4) is 0 Å². The first-order chi connectivity index (χ1) is 21.5. The molecule has 238 valence electrons. The van der Waals surface area contributed by atoms with Crippen molar-refractivity contribution in [2.75, 3.05) is 25.4 Å². The topological polar surface area (TPSA) is 138 Å². The predicted molar refractivity (Wildman–Crippen MR) is 177 cm³/mol. The number of likely N-dealkylation sites (tertiary alicyclic amines) is 1. The van der Waals surface area contributed by atoms with Gasteiger partial charge in [-0.1, -0.05) is 58.8 Å². The number of rotatable bonds is 16. The molecule has 2 atom stereocenters. The lowest BCUT2D eigenvalue weighted by atomic mass is 10.0. The van der Waals surface area contributed by atoms with Gasteiger partial charge < -0.3 is 26.0 Å². The molecule has 1 saturated heterocycles. The molecule has 10 heteroatoms. The van der Waals surface area contributed by atoms with E-state index in [9.17, 15) is 9.90 Å². The molecule has 10 nitrogen and oxygen atoms in total. The number of aromatic nitrogens is 5. The molecule has 4 aromatic rings. The minimum atomic E-state index is -0.00579. The van der Waals surface area contributed by atoms with Crippen LogP contribution in [0.5, 0.6) is 5.75 Å². The van der Waals surface area contributed by atoms with Gasteiger partial charge in [0.15, 0.2) is 5.65 Å². The summed E-state index contributed by atoms with van der Waals surface area (Å²) in [6.45, 7) is 6.87. The maximum absolute atomic E-state index is 13.4. The molecule has 0 aliphatic carbocycles. The number of anilines is 1. The largest absolute Gasteiger partial charge is 0.508 e. The molecule has 0 radical (unpaired) electrons. The van der Waals surface area contributed by atoms with Crippen LogP contribution in [0.25, 0.3) is 33.3 Å². The highest BCUT2D eigenvalue weighted by atomic mass is 16.3. The number of phenols is 1. The Balaban J connectivity index is 1.18. The lowest BCUT2D eigenvalue weighted by molar-refractivity contribution is -0.133. The van der Waals surface area contributed by atoms with Gasteiger partial charge in [0.2, 0.25) is 5.91 Å². The Kier molecular flexibility index (Phi) is 11.1. The molecular formula is C34H50N8O2. The van der Waals surface area contributed by atoms with E-state index in [1.807, 2.05) is 21.7 Å². The fraction of sp³-hybridized carbons (Fsp3) is 0.588. The number of unbranched alkanes of at least 4 members (excludes halogenated alkanes) is 7. The van der Waals surface area contributed by atoms with Crippen molar-refractivity contribution in [1.29, 1.82) is 0 Å². The number of nitrogens with one attached hydrogen (secondary N) is 2. The van der Waals surface area contributed by atoms with Crippen molar-refractivity contribution in [3.05, 3.63) is 30.6 Å². The Morgan fingerprint density at radius 1 is 1.11 bits per heavy atom. The second kappa shape index (κ2) is 15.4. The zero-order valence-corrected chi connectivity index (χ0v) is 26.5. The Labute approximate surface area is 260 Å². The third-order valence-electron chi connectivity index (χ3n) is 9.14. The second-order valence-electron chi connectivity index (χ2n) is 12.4. The van der Waals surface area contributed by atoms with E-state index in [-0.39, 0.29) is 17.7 Å². The van der Waals surface area contributed by atoms with Gasteiger partial charge in [0.05, 0.1) is 17.1 Å². The normalized spacial score (nSPS) is 16.2. The molecule has 1 unspecified atom stereocenters. The molecule has 1 fully saturated rings. The van der Waals surface area contributed by atoms with Crippen LogP contribution in [-0.2, 0) is 4.79 Å². The lowest BCUT2D eigenvalue weighted by Crippen LogP contribution is -2.41. The number of carbonyl (C=O) groups excluding carboxylic acids is 1. The smallest absolute Gasteiger partial charge is 0.222 e. The van der Waals surface area contributed by atoms with Crippen LogP contribution in [0.4, 0.5) is 5.82 Å². The van der Waals surface area contributed by atoms with E-state index in [0.717, 1.165) is 55.4 Å². The number of fused-ring (bicyclic) bond motifs is 2. The molecule has 0 saturated carbocycles. The summed E-state index contributed by atoms with van der Waals surface area (Å²) >= 11 is 0. The summed E-state index contributed by atoms with van der Waals surface area (Å²) in [6, 6.07) is 7.53. The van der Waals surface area contributed by atoms with Gasteiger partial charge in [-0.15, -0.1) is 0 Å². The summed E-state index contributed by atoms with van der Waals surface area (Å²) < 4.78 is 1.94. The molecular weight excluding hydrogens is 552 g/mol. The molecule has 0 bridgehead atoms. The van der Waals surface area contributed by atoms with Gasteiger partial charge in [-0.25, -0.2) is 14.6 Å². The van der Waals surface area contributed by atoms with E-state index < -0.39 is 0 Å². The number of hydrogen-bond acceptors (Lipinski definition) is 7. The SMILES string of the molecule is CCCCCCCCCCN[C@H](CC)CCC(=O)N1CCCC(n2nc(-c3cc4cc(O)ccc4[nH]3)c3c(N)ncnc32)C1. The number of amides is 1. The molecule has 3 aromatic heterocycles. The fourth-order valence-corrected chi connectivity index (χ4v) is 6.54. The van der Waals surface area contributed by atoms with E-state index in [4.69, 9.17) is 10.8 Å². The zero-order valence-electron chi connectivity index (χ0n) is 26.5. The summed E-state index contributed by atoms with van der Waals surface area (Å²) in [5.41, 5.74) is 9.38. The van der Waals surface area contributed by atoms with Crippen molar-refractivity contribution in [3.8, 4) is 17.1 Å². The van der Waals surface area contributed by atoms with Crippen molar-refractivity contribution >= 4 is 33.7 Å². The maximum atomic E-state index is 13.4. The number of benzene rings is 1. The first kappa shape index (κ1) is 31.8. The van der Waals surface area contributed by atoms with E-state index in [1.54, 1.807) is 12.1 Å². The summed E-state index contributed by atoms with van der Waals surface area (Å²) in [5, 5.41) is 20.2. The second-order valence-corrected chi connectivity index (χ2v) is 12.4. The number of phenolic OH excluding ortho intramolecular Hbond substituents is 1. The monoisotopic (exact) mass is 602 g/mol. The molecule has 1 aromatic carbocycles. The van der Waals surface area contributed by atoms with Gasteiger partial charge >= 0.3 is 0 Å². The van der Waals surface area contributed by atoms with Crippen molar-refractivity contribution in [2.45, 2.75) is 109 Å². The minimum Gasteiger partial charge on any atom is -0.508 e. The number of nitrogen functional groups attached to an aromatic ring is 1. The van der Waals surface area contributed by atoms with E-state index in [2.05, 4.69) is 34.1 Å². The highest BCUT2D eigenvalue weighted by molar-refractivity contribution is 6.00. The minimum absolute atomic E-state index is 0.00579.